The fourth-order valence-electron chi connectivity index (χ4n) is 2.82. The van der Waals surface area contributed by atoms with E-state index in [2.05, 4.69) is 12.2 Å². The van der Waals surface area contributed by atoms with E-state index in [0.29, 0.717) is 18.9 Å². The molecule has 0 radical (unpaired) electrons. The summed E-state index contributed by atoms with van der Waals surface area (Å²) in [5, 5.41) is 2.82. The summed E-state index contributed by atoms with van der Waals surface area (Å²) in [6, 6.07) is 7.74. The van der Waals surface area contributed by atoms with Gasteiger partial charge in [-0.25, -0.2) is 0 Å². The summed E-state index contributed by atoms with van der Waals surface area (Å²) >= 11 is 0. The minimum absolute atomic E-state index is 0.0553. The number of methoxy groups -OCH3 is 1. The van der Waals surface area contributed by atoms with Crippen LogP contribution in [0.5, 0.6) is 5.75 Å². The predicted molar refractivity (Wildman–Crippen MR) is 89.3 cm³/mol. The summed E-state index contributed by atoms with van der Waals surface area (Å²) < 4.78 is 5.28. The van der Waals surface area contributed by atoms with Crippen LogP contribution in [0.15, 0.2) is 24.3 Å². The Kier molecular flexibility index (Phi) is 6.44. The second kappa shape index (κ2) is 8.56. The number of nitrogens with zero attached hydrogens (tertiary/aromatic N) is 1. The van der Waals surface area contributed by atoms with E-state index in [1.54, 1.807) is 12.0 Å². The van der Waals surface area contributed by atoms with E-state index >= 15 is 0 Å². The third-order valence-corrected chi connectivity index (χ3v) is 4.36. The highest BCUT2D eigenvalue weighted by Crippen LogP contribution is 2.18. The van der Waals surface area contributed by atoms with Gasteiger partial charge in [0.05, 0.1) is 7.11 Å². The van der Waals surface area contributed by atoms with Crippen molar-refractivity contribution in [3.8, 4) is 5.75 Å². The van der Waals surface area contributed by atoms with Gasteiger partial charge in [0, 0.05) is 19.6 Å². The molecule has 0 spiro atoms. The Balaban J connectivity index is 1.71. The van der Waals surface area contributed by atoms with Crippen LogP contribution < -0.4 is 10.1 Å². The number of hydrogen-bond acceptors (Lipinski definition) is 3. The van der Waals surface area contributed by atoms with Gasteiger partial charge in [-0.15, -0.1) is 0 Å². The Morgan fingerprint density at radius 1 is 1.26 bits per heavy atom. The molecule has 126 valence electrons. The van der Waals surface area contributed by atoms with Gasteiger partial charge in [0.2, 0.25) is 11.8 Å². The van der Waals surface area contributed by atoms with Crippen LogP contribution in [-0.2, 0) is 16.0 Å². The summed E-state index contributed by atoms with van der Waals surface area (Å²) in [5.74, 6) is 1.23. The maximum Gasteiger partial charge on any atom is 0.232 e. The number of piperidine rings is 1. The highest BCUT2D eigenvalue weighted by Gasteiger charge is 2.21. The first kappa shape index (κ1) is 17.3. The third-order valence-electron chi connectivity index (χ3n) is 4.36. The van der Waals surface area contributed by atoms with Gasteiger partial charge in [0.1, 0.15) is 12.2 Å². The molecular weight excluding hydrogens is 292 g/mol. The molecule has 0 bridgehead atoms. The van der Waals surface area contributed by atoms with Crippen molar-refractivity contribution < 1.29 is 14.3 Å². The number of likely N-dealkylation sites (tertiary alicyclic amines) is 1. The minimum Gasteiger partial charge on any atom is -0.496 e. The van der Waals surface area contributed by atoms with Gasteiger partial charge in [0.25, 0.3) is 0 Å². The molecule has 1 aliphatic heterocycles. The second-order valence-corrected chi connectivity index (χ2v) is 6.15. The average Bonchev–Trinajstić information content (AvgIpc) is 2.55. The van der Waals surface area contributed by atoms with Crippen molar-refractivity contribution >= 4 is 11.8 Å². The van der Waals surface area contributed by atoms with Crippen LogP contribution in [-0.4, -0.2) is 43.5 Å². The van der Waals surface area contributed by atoms with Gasteiger partial charge in [-0.05, 0) is 36.8 Å². The number of ether oxygens (including phenoxy) is 1. The van der Waals surface area contributed by atoms with E-state index in [0.717, 1.165) is 37.2 Å². The Morgan fingerprint density at radius 2 is 1.96 bits per heavy atom. The van der Waals surface area contributed by atoms with Crippen molar-refractivity contribution in [1.82, 2.24) is 10.2 Å². The molecule has 1 aromatic rings. The number of rotatable bonds is 6. The monoisotopic (exact) mass is 318 g/mol. The van der Waals surface area contributed by atoms with Gasteiger partial charge in [-0.1, -0.05) is 25.1 Å². The first-order valence-electron chi connectivity index (χ1n) is 8.26. The standard InChI is InChI=1S/C18H26N2O3/c1-14-8-11-20(12-9-14)18(22)13-17(21)19-10-7-15-5-3-4-6-16(15)23-2/h3-6,14H,7-13H2,1-2H3,(H,19,21). The van der Waals surface area contributed by atoms with Crippen LogP contribution in [0.2, 0.25) is 0 Å². The van der Waals surface area contributed by atoms with Crippen LogP contribution >= 0.6 is 0 Å². The first-order valence-corrected chi connectivity index (χ1v) is 8.26. The summed E-state index contributed by atoms with van der Waals surface area (Å²) in [5.41, 5.74) is 1.05. The Labute approximate surface area is 138 Å². The predicted octanol–water partition coefficient (Wildman–Crippen LogP) is 2.00. The number of nitrogens with one attached hydrogen (secondary N) is 1. The van der Waals surface area contributed by atoms with Crippen LogP contribution in [0.3, 0.4) is 0 Å². The molecule has 1 aromatic carbocycles. The molecule has 1 saturated heterocycles. The van der Waals surface area contributed by atoms with Gasteiger partial charge in [-0.2, -0.15) is 0 Å². The highest BCUT2D eigenvalue weighted by atomic mass is 16.5. The number of amides is 2. The van der Waals surface area contributed by atoms with Crippen molar-refractivity contribution in [2.75, 3.05) is 26.7 Å². The van der Waals surface area contributed by atoms with E-state index in [1.807, 2.05) is 24.3 Å². The van der Waals surface area contributed by atoms with Gasteiger partial charge in [-0.3, -0.25) is 9.59 Å². The first-order chi connectivity index (χ1) is 11.1. The van der Waals surface area contributed by atoms with Crippen molar-refractivity contribution in [3.05, 3.63) is 29.8 Å². The van der Waals surface area contributed by atoms with Gasteiger partial charge >= 0.3 is 0 Å². The lowest BCUT2D eigenvalue weighted by Crippen LogP contribution is -2.40. The smallest absolute Gasteiger partial charge is 0.232 e. The second-order valence-electron chi connectivity index (χ2n) is 6.15. The van der Waals surface area contributed by atoms with E-state index < -0.39 is 0 Å². The fraction of sp³-hybridized carbons (Fsp3) is 0.556. The molecule has 0 saturated carbocycles. The summed E-state index contributed by atoms with van der Waals surface area (Å²) in [4.78, 5) is 25.8. The van der Waals surface area contributed by atoms with Crippen LogP contribution in [0, 0.1) is 5.92 Å². The topological polar surface area (TPSA) is 58.6 Å². The molecule has 2 rings (SSSR count). The molecule has 0 aliphatic carbocycles. The van der Waals surface area contributed by atoms with Gasteiger partial charge in [0.15, 0.2) is 0 Å². The van der Waals surface area contributed by atoms with E-state index in [1.165, 1.54) is 0 Å². The van der Waals surface area contributed by atoms with Gasteiger partial charge < -0.3 is 15.0 Å². The number of hydrogen-bond donors (Lipinski definition) is 1. The highest BCUT2D eigenvalue weighted by molar-refractivity contribution is 5.96. The normalized spacial score (nSPS) is 15.3. The lowest BCUT2D eigenvalue weighted by Gasteiger charge is -2.30. The summed E-state index contributed by atoms with van der Waals surface area (Å²) in [6.45, 7) is 4.25. The largest absolute Gasteiger partial charge is 0.496 e. The molecule has 1 fully saturated rings. The summed E-state index contributed by atoms with van der Waals surface area (Å²) in [7, 11) is 1.63. The molecule has 5 nitrogen and oxygen atoms in total. The van der Waals surface area contributed by atoms with E-state index in [-0.39, 0.29) is 18.2 Å². The number of para-hydroxylation sites is 1. The van der Waals surface area contributed by atoms with E-state index in [4.69, 9.17) is 4.74 Å². The maximum atomic E-state index is 12.1. The zero-order chi connectivity index (χ0) is 16.7. The average molecular weight is 318 g/mol. The van der Waals surface area contributed by atoms with Crippen LogP contribution in [0.25, 0.3) is 0 Å². The molecule has 1 N–H and O–H groups in total. The molecule has 1 aliphatic rings. The lowest BCUT2D eigenvalue weighted by atomic mass is 9.99. The van der Waals surface area contributed by atoms with E-state index in [9.17, 15) is 9.59 Å². The Hall–Kier alpha value is -2.04. The number of benzene rings is 1. The molecule has 2 amide bonds. The molecule has 1 heterocycles. The molecule has 0 aromatic heterocycles. The molecular formula is C18H26N2O3. The third kappa shape index (κ3) is 5.27. The molecule has 0 unspecified atom stereocenters. The van der Waals surface area contributed by atoms with Crippen molar-refractivity contribution in [3.63, 3.8) is 0 Å². The zero-order valence-electron chi connectivity index (χ0n) is 14.0. The zero-order valence-corrected chi connectivity index (χ0v) is 14.0. The number of carbonyl (C=O) groups is 2. The molecule has 0 atom stereocenters. The maximum absolute atomic E-state index is 12.1. The number of carbonyl (C=O) groups excluding carboxylic acids is 2. The molecule has 5 heteroatoms. The Morgan fingerprint density at radius 3 is 2.65 bits per heavy atom. The molecule has 23 heavy (non-hydrogen) atoms. The SMILES string of the molecule is COc1ccccc1CCNC(=O)CC(=O)N1CCC(C)CC1. The van der Waals surface area contributed by atoms with Crippen molar-refractivity contribution in [2.24, 2.45) is 5.92 Å². The van der Waals surface area contributed by atoms with Crippen molar-refractivity contribution in [1.29, 1.82) is 0 Å². The van der Waals surface area contributed by atoms with Crippen molar-refractivity contribution in [2.45, 2.75) is 32.6 Å². The van der Waals surface area contributed by atoms with Crippen LogP contribution in [0.1, 0.15) is 31.7 Å². The minimum atomic E-state index is -0.205. The fourth-order valence-corrected chi connectivity index (χ4v) is 2.82. The van der Waals surface area contributed by atoms with Crippen LogP contribution in [0.4, 0.5) is 0 Å². The quantitative estimate of drug-likeness (QED) is 0.816. The lowest BCUT2D eigenvalue weighted by molar-refractivity contribution is -0.137. The Bertz CT molecular complexity index is 537. The summed E-state index contributed by atoms with van der Waals surface area (Å²) in [6.07, 6.45) is 2.69.